The second-order valence-corrected chi connectivity index (χ2v) is 10.1. The zero-order valence-electron chi connectivity index (χ0n) is 17.6. The van der Waals surface area contributed by atoms with Crippen LogP contribution in [0.2, 0.25) is 5.15 Å². The molecule has 170 valence electrons. The lowest BCUT2D eigenvalue weighted by atomic mass is 9.92. The van der Waals surface area contributed by atoms with Crippen LogP contribution in [-0.4, -0.2) is 35.9 Å². The molecule has 1 aliphatic rings. The smallest absolute Gasteiger partial charge is 0.263 e. The van der Waals surface area contributed by atoms with E-state index in [0.717, 1.165) is 0 Å². The molecule has 0 fully saturated rings. The zero-order chi connectivity index (χ0) is 23.8. The van der Waals surface area contributed by atoms with E-state index in [1.165, 1.54) is 42.5 Å². The maximum atomic E-state index is 12.7. The molecule has 1 aromatic heterocycles. The van der Waals surface area contributed by atoms with Gasteiger partial charge in [0.05, 0.1) is 16.9 Å². The minimum Gasteiger partial charge on any atom is -0.487 e. The number of nitrogens with zero attached hydrogens (tertiary/aromatic N) is 2. The van der Waals surface area contributed by atoms with Crippen LogP contribution in [0.1, 0.15) is 41.0 Å². The van der Waals surface area contributed by atoms with E-state index in [1.54, 1.807) is 12.1 Å². The average Bonchev–Trinajstić information content (AvgIpc) is 2.74. The van der Waals surface area contributed by atoms with Crippen LogP contribution >= 0.6 is 11.6 Å². The summed E-state index contributed by atoms with van der Waals surface area (Å²) >= 11 is 5.65. The minimum absolute atomic E-state index is 0.0195. The van der Waals surface area contributed by atoms with Crippen molar-refractivity contribution in [1.29, 1.82) is 0 Å². The SMILES string of the molecule is CC1(C)CC(=O)c2cc(C(=O)Nc3ccc(S(=O)(=O)Nc4ccc(Cl)nn4)cc3)ccc2O1. The number of carbonyl (C=O) groups is 2. The fourth-order valence-electron chi connectivity index (χ4n) is 3.28. The number of Topliss-reactive ketones (excluding diaryl/α,β-unsaturated/α-hetero) is 1. The number of halogens is 1. The van der Waals surface area contributed by atoms with Crippen molar-refractivity contribution in [2.45, 2.75) is 30.8 Å². The molecule has 3 aromatic rings. The summed E-state index contributed by atoms with van der Waals surface area (Å²) in [7, 11) is -3.91. The third-order valence-corrected chi connectivity index (χ3v) is 6.38. The minimum atomic E-state index is -3.91. The fraction of sp³-hybridized carbons (Fsp3) is 0.182. The molecule has 0 radical (unpaired) electrons. The van der Waals surface area contributed by atoms with E-state index < -0.39 is 21.5 Å². The van der Waals surface area contributed by atoms with E-state index in [1.807, 2.05) is 13.8 Å². The molecular formula is C22H19ClN4O5S. The van der Waals surface area contributed by atoms with Crippen molar-refractivity contribution in [3.05, 3.63) is 70.9 Å². The summed E-state index contributed by atoms with van der Waals surface area (Å²) < 4.78 is 33.1. The predicted molar refractivity (Wildman–Crippen MR) is 122 cm³/mol. The van der Waals surface area contributed by atoms with Gasteiger partial charge in [-0.2, -0.15) is 0 Å². The number of carbonyl (C=O) groups excluding carboxylic acids is 2. The number of sulfonamides is 1. The molecule has 2 N–H and O–H groups in total. The number of benzene rings is 2. The quantitative estimate of drug-likeness (QED) is 0.559. The Morgan fingerprint density at radius 1 is 1.06 bits per heavy atom. The number of amides is 1. The number of fused-ring (bicyclic) bond motifs is 1. The Labute approximate surface area is 195 Å². The second-order valence-electron chi connectivity index (χ2n) is 8.00. The van der Waals surface area contributed by atoms with E-state index in [-0.39, 0.29) is 33.6 Å². The van der Waals surface area contributed by atoms with Crippen LogP contribution in [-0.2, 0) is 10.0 Å². The second kappa shape index (κ2) is 8.45. The molecule has 2 heterocycles. The lowest BCUT2D eigenvalue weighted by Crippen LogP contribution is -2.36. The lowest BCUT2D eigenvalue weighted by Gasteiger charge is -2.31. The summed E-state index contributed by atoms with van der Waals surface area (Å²) in [4.78, 5) is 25.1. The molecule has 2 aromatic carbocycles. The maximum Gasteiger partial charge on any atom is 0.263 e. The Balaban J connectivity index is 1.47. The Morgan fingerprint density at radius 3 is 2.45 bits per heavy atom. The van der Waals surface area contributed by atoms with Crippen molar-refractivity contribution >= 4 is 44.8 Å². The Bertz CT molecular complexity index is 1340. The molecule has 0 aliphatic carbocycles. The first-order valence-corrected chi connectivity index (χ1v) is 11.7. The number of aromatic nitrogens is 2. The van der Waals surface area contributed by atoms with E-state index >= 15 is 0 Å². The van der Waals surface area contributed by atoms with Gasteiger partial charge in [0.25, 0.3) is 15.9 Å². The van der Waals surface area contributed by atoms with Crippen LogP contribution in [0.25, 0.3) is 0 Å². The Hall–Kier alpha value is -3.50. The molecule has 0 saturated heterocycles. The summed E-state index contributed by atoms with van der Waals surface area (Å²) in [5, 5.41) is 10.1. The first-order chi connectivity index (χ1) is 15.5. The first kappa shape index (κ1) is 22.7. The number of ether oxygens (including phenoxy) is 1. The van der Waals surface area contributed by atoms with Gasteiger partial charge in [-0.05, 0) is 68.4 Å². The van der Waals surface area contributed by atoms with Crippen molar-refractivity contribution in [2.24, 2.45) is 0 Å². The van der Waals surface area contributed by atoms with Gasteiger partial charge < -0.3 is 10.1 Å². The lowest BCUT2D eigenvalue weighted by molar-refractivity contribution is 0.0620. The van der Waals surface area contributed by atoms with Crippen LogP contribution in [0.15, 0.2) is 59.5 Å². The third-order valence-electron chi connectivity index (χ3n) is 4.81. The van der Waals surface area contributed by atoms with Crippen molar-refractivity contribution in [3.63, 3.8) is 0 Å². The highest BCUT2D eigenvalue weighted by Crippen LogP contribution is 2.33. The van der Waals surface area contributed by atoms with Gasteiger partial charge in [0, 0.05) is 11.3 Å². The molecule has 0 atom stereocenters. The van der Waals surface area contributed by atoms with Crippen LogP contribution in [0.5, 0.6) is 5.75 Å². The average molecular weight is 487 g/mol. The van der Waals surface area contributed by atoms with Crippen molar-refractivity contribution < 1.29 is 22.7 Å². The molecule has 4 rings (SSSR count). The molecule has 1 amide bonds. The van der Waals surface area contributed by atoms with Crippen LogP contribution in [0, 0.1) is 0 Å². The summed E-state index contributed by atoms with van der Waals surface area (Å²) in [5.74, 6) is -0.0738. The van der Waals surface area contributed by atoms with E-state index in [2.05, 4.69) is 20.2 Å². The molecule has 0 saturated carbocycles. The van der Waals surface area contributed by atoms with Gasteiger partial charge in [-0.3, -0.25) is 14.3 Å². The number of rotatable bonds is 5. The van der Waals surface area contributed by atoms with Gasteiger partial charge in [0.2, 0.25) is 0 Å². The van der Waals surface area contributed by atoms with Gasteiger partial charge in [-0.25, -0.2) is 8.42 Å². The van der Waals surface area contributed by atoms with Gasteiger partial charge in [0.1, 0.15) is 11.4 Å². The van der Waals surface area contributed by atoms with Crippen LogP contribution < -0.4 is 14.8 Å². The largest absolute Gasteiger partial charge is 0.487 e. The highest BCUT2D eigenvalue weighted by molar-refractivity contribution is 7.92. The molecule has 0 unspecified atom stereocenters. The number of anilines is 2. The highest BCUT2D eigenvalue weighted by Gasteiger charge is 2.32. The predicted octanol–water partition coefficient (Wildman–Crippen LogP) is 3.93. The molecule has 1 aliphatic heterocycles. The van der Waals surface area contributed by atoms with Gasteiger partial charge in [-0.15, -0.1) is 10.2 Å². The number of hydrogen-bond acceptors (Lipinski definition) is 7. The van der Waals surface area contributed by atoms with Gasteiger partial charge in [-0.1, -0.05) is 11.6 Å². The van der Waals surface area contributed by atoms with Crippen molar-refractivity contribution in [1.82, 2.24) is 10.2 Å². The Morgan fingerprint density at radius 2 is 1.79 bits per heavy atom. The molecule has 9 nitrogen and oxygen atoms in total. The van der Waals surface area contributed by atoms with E-state index in [0.29, 0.717) is 17.0 Å². The van der Waals surface area contributed by atoms with Gasteiger partial charge in [0.15, 0.2) is 16.8 Å². The monoisotopic (exact) mass is 486 g/mol. The topological polar surface area (TPSA) is 127 Å². The summed E-state index contributed by atoms with van der Waals surface area (Å²) in [5.41, 5.74) is 0.432. The van der Waals surface area contributed by atoms with Gasteiger partial charge >= 0.3 is 0 Å². The fourth-order valence-corrected chi connectivity index (χ4v) is 4.38. The third kappa shape index (κ3) is 5.12. The highest BCUT2D eigenvalue weighted by atomic mass is 35.5. The number of ketones is 1. The molecule has 0 spiro atoms. The van der Waals surface area contributed by atoms with Crippen LogP contribution in [0.4, 0.5) is 11.5 Å². The number of hydrogen-bond donors (Lipinski definition) is 2. The standard InChI is InChI=1S/C22H19ClN4O5S/c1-22(2)12-17(28)16-11-13(3-8-18(16)32-22)21(29)24-14-4-6-15(7-5-14)33(30,31)27-20-10-9-19(23)25-26-20/h3-11H,12H2,1-2H3,(H,24,29)(H,26,27). The van der Waals surface area contributed by atoms with Crippen LogP contribution in [0.3, 0.4) is 0 Å². The summed E-state index contributed by atoms with van der Waals surface area (Å²) in [6, 6.07) is 13.1. The Kier molecular flexibility index (Phi) is 5.81. The summed E-state index contributed by atoms with van der Waals surface area (Å²) in [6.07, 6.45) is 0.219. The molecular weight excluding hydrogens is 468 g/mol. The van der Waals surface area contributed by atoms with E-state index in [4.69, 9.17) is 16.3 Å². The molecule has 11 heteroatoms. The summed E-state index contributed by atoms with van der Waals surface area (Å²) in [6.45, 7) is 3.66. The number of nitrogens with one attached hydrogen (secondary N) is 2. The van der Waals surface area contributed by atoms with E-state index in [9.17, 15) is 18.0 Å². The van der Waals surface area contributed by atoms with Crippen molar-refractivity contribution in [3.8, 4) is 5.75 Å². The first-order valence-electron chi connectivity index (χ1n) is 9.82. The van der Waals surface area contributed by atoms with Crippen molar-refractivity contribution in [2.75, 3.05) is 10.0 Å². The maximum absolute atomic E-state index is 12.7. The zero-order valence-corrected chi connectivity index (χ0v) is 19.2. The molecule has 0 bridgehead atoms. The molecule has 33 heavy (non-hydrogen) atoms. The normalized spacial score (nSPS) is 14.7.